The molecule has 3 heterocycles. The van der Waals surface area contributed by atoms with Crippen LogP contribution in [0.1, 0.15) is 49.9 Å². The number of para-hydroxylation sites is 1. The van der Waals surface area contributed by atoms with Gasteiger partial charge in [0.05, 0.1) is 24.5 Å². The van der Waals surface area contributed by atoms with Crippen molar-refractivity contribution in [1.82, 2.24) is 14.9 Å². The number of amides is 1. The Hall–Kier alpha value is -4.17. The molecule has 1 amide bonds. The highest BCUT2D eigenvalue weighted by molar-refractivity contribution is 7.80. The van der Waals surface area contributed by atoms with Gasteiger partial charge in [0, 0.05) is 40.4 Å². The van der Waals surface area contributed by atoms with E-state index in [1.54, 1.807) is 13.3 Å². The van der Waals surface area contributed by atoms with Crippen LogP contribution in [-0.2, 0) is 4.79 Å². The molecule has 1 aliphatic rings. The van der Waals surface area contributed by atoms with Crippen molar-refractivity contribution in [1.29, 1.82) is 0 Å². The molecule has 2 N–H and O–H groups in total. The Morgan fingerprint density at radius 1 is 1.00 bits per heavy atom. The second-order valence-electron chi connectivity index (χ2n) is 10.7. The number of aryl methyl sites for hydroxylation is 1. The van der Waals surface area contributed by atoms with Gasteiger partial charge in [-0.3, -0.25) is 9.78 Å². The second kappa shape index (κ2) is 10.5. The van der Waals surface area contributed by atoms with Gasteiger partial charge in [-0.25, -0.2) is 0 Å². The van der Waals surface area contributed by atoms with E-state index in [0.29, 0.717) is 16.5 Å². The average Bonchev–Trinajstić information content (AvgIpc) is 3.48. The van der Waals surface area contributed by atoms with E-state index in [0.717, 1.165) is 28.5 Å². The first kappa shape index (κ1) is 26.4. The van der Waals surface area contributed by atoms with Crippen LogP contribution in [-0.4, -0.2) is 27.7 Å². The lowest BCUT2D eigenvalue weighted by atomic mass is 9.95. The number of nitrogens with zero attached hydrogens (tertiary/aromatic N) is 3. The van der Waals surface area contributed by atoms with Gasteiger partial charge in [0.1, 0.15) is 11.8 Å². The fraction of sp³-hybridized carbons (Fsp3) is 0.258. The number of benzene rings is 2. The van der Waals surface area contributed by atoms with Crippen LogP contribution >= 0.6 is 12.2 Å². The molecule has 1 saturated heterocycles. The van der Waals surface area contributed by atoms with Crippen LogP contribution in [0, 0.1) is 12.3 Å². The molecular weight excluding hydrogens is 506 g/mol. The molecule has 4 aromatic rings. The monoisotopic (exact) mass is 539 g/mol. The normalized spacial score (nSPS) is 17.2. The van der Waals surface area contributed by atoms with E-state index in [-0.39, 0.29) is 18.0 Å². The minimum absolute atomic E-state index is 0.0869. The molecule has 1 aliphatic heterocycles. The first-order valence-corrected chi connectivity index (χ1v) is 13.3. The lowest BCUT2D eigenvalue weighted by Gasteiger charge is -2.30. The van der Waals surface area contributed by atoms with Gasteiger partial charge in [-0.05, 0) is 67.7 Å². The van der Waals surface area contributed by atoms with Crippen LogP contribution in [0.4, 0.5) is 11.4 Å². The third kappa shape index (κ3) is 5.12. The van der Waals surface area contributed by atoms with Crippen LogP contribution in [0.5, 0.6) is 5.75 Å². The maximum absolute atomic E-state index is 12.7. The van der Waals surface area contributed by atoms with Crippen LogP contribution < -0.4 is 20.3 Å². The summed E-state index contributed by atoms with van der Waals surface area (Å²) in [5.74, 6) is 0.471. The van der Waals surface area contributed by atoms with E-state index >= 15 is 0 Å². The van der Waals surface area contributed by atoms with Gasteiger partial charge in [0.2, 0.25) is 5.91 Å². The number of aromatic nitrogens is 2. The Kier molecular flexibility index (Phi) is 7.14. The molecule has 0 saturated carbocycles. The quantitative estimate of drug-likeness (QED) is 0.278. The molecule has 5 rings (SSSR count). The maximum atomic E-state index is 12.7. The first-order chi connectivity index (χ1) is 18.7. The number of rotatable bonds is 6. The first-order valence-electron chi connectivity index (χ1n) is 12.9. The molecule has 0 bridgehead atoms. The lowest BCUT2D eigenvalue weighted by Crippen LogP contribution is -2.30. The van der Waals surface area contributed by atoms with E-state index in [4.69, 9.17) is 17.0 Å². The van der Waals surface area contributed by atoms with Gasteiger partial charge in [-0.1, -0.05) is 45.0 Å². The lowest BCUT2D eigenvalue weighted by molar-refractivity contribution is -0.123. The summed E-state index contributed by atoms with van der Waals surface area (Å²) < 4.78 is 7.98. The van der Waals surface area contributed by atoms with Crippen molar-refractivity contribution in [3.8, 4) is 11.4 Å². The zero-order valence-electron chi connectivity index (χ0n) is 22.8. The molecule has 39 heavy (non-hydrogen) atoms. The predicted octanol–water partition coefficient (Wildman–Crippen LogP) is 6.35. The van der Waals surface area contributed by atoms with E-state index in [9.17, 15) is 4.79 Å². The molecule has 2 atom stereocenters. The third-order valence-corrected chi connectivity index (χ3v) is 7.23. The van der Waals surface area contributed by atoms with E-state index < -0.39 is 5.41 Å². The van der Waals surface area contributed by atoms with E-state index in [1.165, 1.54) is 0 Å². The minimum Gasteiger partial charge on any atom is -0.494 e. The molecule has 2 aromatic carbocycles. The summed E-state index contributed by atoms with van der Waals surface area (Å²) in [6, 6.07) is 25.9. The second-order valence-corrected chi connectivity index (χ2v) is 11.0. The van der Waals surface area contributed by atoms with Gasteiger partial charge in [-0.15, -0.1) is 0 Å². The molecule has 8 heteroatoms. The van der Waals surface area contributed by atoms with Crippen LogP contribution in [0.3, 0.4) is 0 Å². The Labute approximate surface area is 234 Å². The zero-order valence-corrected chi connectivity index (χ0v) is 23.6. The number of hydrogen-bond acceptors (Lipinski definition) is 4. The summed E-state index contributed by atoms with van der Waals surface area (Å²) in [6.45, 7) is 7.74. The summed E-state index contributed by atoms with van der Waals surface area (Å²) >= 11 is 5.94. The number of carbonyl (C=O) groups excluding carboxylic acids is 1. The maximum Gasteiger partial charge on any atom is 0.229 e. The van der Waals surface area contributed by atoms with E-state index in [1.807, 2.05) is 75.4 Å². The number of ether oxygens (including phenoxy) is 1. The number of pyridine rings is 1. The van der Waals surface area contributed by atoms with Gasteiger partial charge in [-0.2, -0.15) is 0 Å². The fourth-order valence-electron chi connectivity index (χ4n) is 4.90. The zero-order chi connectivity index (χ0) is 27.7. The largest absolute Gasteiger partial charge is 0.494 e. The van der Waals surface area contributed by atoms with Crippen LogP contribution in [0.25, 0.3) is 5.69 Å². The van der Waals surface area contributed by atoms with Crippen molar-refractivity contribution in [3.05, 3.63) is 102 Å². The van der Waals surface area contributed by atoms with Crippen molar-refractivity contribution in [3.63, 3.8) is 0 Å². The van der Waals surface area contributed by atoms with Crippen LogP contribution in [0.2, 0.25) is 0 Å². The van der Waals surface area contributed by atoms with Gasteiger partial charge in [0.15, 0.2) is 5.11 Å². The summed E-state index contributed by atoms with van der Waals surface area (Å²) in [4.78, 5) is 19.5. The average molecular weight is 540 g/mol. The topological polar surface area (TPSA) is 71.4 Å². The smallest absolute Gasteiger partial charge is 0.229 e. The number of hydrogen-bond donors (Lipinski definition) is 2. The summed E-state index contributed by atoms with van der Waals surface area (Å²) in [6.07, 6.45) is 1.80. The molecule has 2 aromatic heterocycles. The van der Waals surface area contributed by atoms with E-state index in [2.05, 4.69) is 56.3 Å². The molecule has 0 unspecified atom stereocenters. The number of anilines is 2. The van der Waals surface area contributed by atoms with Crippen molar-refractivity contribution >= 4 is 34.6 Å². The van der Waals surface area contributed by atoms with Crippen molar-refractivity contribution < 1.29 is 9.53 Å². The molecule has 1 fully saturated rings. The molecule has 0 aliphatic carbocycles. The Morgan fingerprint density at radius 2 is 1.74 bits per heavy atom. The highest BCUT2D eigenvalue weighted by atomic mass is 32.1. The summed E-state index contributed by atoms with van der Waals surface area (Å²) in [5.41, 5.74) is 5.08. The Morgan fingerprint density at radius 3 is 2.41 bits per heavy atom. The summed E-state index contributed by atoms with van der Waals surface area (Å²) in [5, 5.41) is 7.11. The van der Waals surface area contributed by atoms with Crippen molar-refractivity contribution in [2.75, 3.05) is 17.3 Å². The molecule has 0 spiro atoms. The Balaban J connectivity index is 1.63. The molecule has 0 radical (unpaired) electrons. The fourth-order valence-corrected chi connectivity index (χ4v) is 5.24. The summed E-state index contributed by atoms with van der Waals surface area (Å²) in [7, 11) is 1.60. The molecule has 7 nitrogen and oxygen atoms in total. The number of methoxy groups -OCH3 is 1. The number of thiocarbonyl (C=S) groups is 1. The van der Waals surface area contributed by atoms with Crippen LogP contribution in [0.15, 0.2) is 85.1 Å². The molecular formula is C31H33N5O2S. The van der Waals surface area contributed by atoms with Crippen molar-refractivity contribution in [2.45, 2.75) is 39.8 Å². The van der Waals surface area contributed by atoms with Gasteiger partial charge < -0.3 is 24.8 Å². The van der Waals surface area contributed by atoms with Gasteiger partial charge in [0.25, 0.3) is 0 Å². The Bertz CT molecular complexity index is 1490. The molecule has 200 valence electrons. The standard InChI is InChI=1S/C31H33N5O2S/c1-20-14-17-25(35(20)21-11-7-6-8-12-21)28-27(24-13-9-10-18-32-24)34-30(39)36(28)22-15-16-23(26(19-22)38-5)33-29(37)31(2,3)4/h6-19,27-28H,1-5H3,(H,33,37)(H,34,39)/t27-,28+/m0/s1. The minimum atomic E-state index is -0.536. The third-order valence-electron chi connectivity index (χ3n) is 6.91. The SMILES string of the molecule is COc1cc(N2C(=S)N[C@@H](c3ccccn3)[C@H]2c2ccc(C)n2-c2ccccc2)ccc1NC(=O)C(C)(C)C. The number of carbonyl (C=O) groups is 1. The predicted molar refractivity (Wildman–Crippen MR) is 160 cm³/mol. The highest BCUT2D eigenvalue weighted by Gasteiger charge is 2.42. The highest BCUT2D eigenvalue weighted by Crippen LogP contribution is 2.44. The van der Waals surface area contributed by atoms with Gasteiger partial charge >= 0.3 is 0 Å². The number of nitrogens with one attached hydrogen (secondary N) is 2. The van der Waals surface area contributed by atoms with Crippen molar-refractivity contribution in [2.24, 2.45) is 5.41 Å².